The number of benzene rings is 1. The fourth-order valence-electron chi connectivity index (χ4n) is 3.53. The first kappa shape index (κ1) is 20.2. The Morgan fingerprint density at radius 2 is 1.93 bits per heavy atom. The minimum Gasteiger partial charge on any atom is -0.493 e. The van der Waals surface area contributed by atoms with Crippen LogP contribution in [0.4, 0.5) is 0 Å². The molecule has 0 spiro atoms. The van der Waals surface area contributed by atoms with E-state index < -0.39 is 12.0 Å². The molecule has 0 saturated heterocycles. The molecule has 0 bridgehead atoms. The van der Waals surface area contributed by atoms with Crippen LogP contribution in [0.2, 0.25) is 0 Å². The Morgan fingerprint density at radius 3 is 2.54 bits per heavy atom. The molecular weight excluding hydrogens is 380 g/mol. The number of carbonyl (C=O) groups is 2. The monoisotopic (exact) mass is 404 g/mol. The van der Waals surface area contributed by atoms with E-state index in [4.69, 9.17) is 14.2 Å². The van der Waals surface area contributed by atoms with Crippen LogP contribution in [0.15, 0.2) is 29.6 Å². The predicted molar refractivity (Wildman–Crippen MR) is 106 cm³/mol. The molecule has 2 heterocycles. The van der Waals surface area contributed by atoms with Crippen LogP contribution in [0.1, 0.15) is 32.8 Å². The van der Waals surface area contributed by atoms with E-state index in [-0.39, 0.29) is 11.8 Å². The maximum Gasteiger partial charge on any atom is 0.254 e. The molecule has 0 radical (unpaired) electrons. The topological polar surface area (TPSA) is 77.1 Å². The van der Waals surface area contributed by atoms with E-state index in [0.29, 0.717) is 35.8 Å². The van der Waals surface area contributed by atoms with E-state index in [1.54, 1.807) is 31.2 Å². The van der Waals surface area contributed by atoms with Gasteiger partial charge in [-0.15, -0.1) is 11.3 Å². The van der Waals surface area contributed by atoms with Gasteiger partial charge in [0.15, 0.2) is 11.5 Å². The summed E-state index contributed by atoms with van der Waals surface area (Å²) in [6, 6.07) is 6.84. The zero-order valence-electron chi connectivity index (χ0n) is 16.4. The highest BCUT2D eigenvalue weighted by atomic mass is 32.1. The Hall–Kier alpha value is -2.58. The standard InChI is InChI=1S/C20H24N2O5S/c1-22-18(16-6-5-9-28-16)17(19(23)21-7-8-25-2)12-10-14(26-3)15(27-4)11-13(12)20(22)24/h5-6,9-11,17-18H,7-8H2,1-4H3,(H,21,23)/t17-,18-/m1/s1. The third-order valence-corrected chi connectivity index (χ3v) is 5.84. The van der Waals surface area contributed by atoms with Gasteiger partial charge in [-0.05, 0) is 29.1 Å². The number of carbonyl (C=O) groups excluding carboxylic acids is 2. The van der Waals surface area contributed by atoms with Crippen molar-refractivity contribution in [2.24, 2.45) is 0 Å². The zero-order chi connectivity index (χ0) is 20.3. The molecule has 28 heavy (non-hydrogen) atoms. The van der Waals surface area contributed by atoms with Crippen LogP contribution in [0, 0.1) is 0 Å². The van der Waals surface area contributed by atoms with Gasteiger partial charge in [-0.1, -0.05) is 6.07 Å². The van der Waals surface area contributed by atoms with Gasteiger partial charge in [-0.2, -0.15) is 0 Å². The number of fused-ring (bicyclic) bond motifs is 1. The molecule has 0 unspecified atom stereocenters. The van der Waals surface area contributed by atoms with Gasteiger partial charge in [-0.3, -0.25) is 9.59 Å². The van der Waals surface area contributed by atoms with Gasteiger partial charge in [0.2, 0.25) is 5.91 Å². The lowest BCUT2D eigenvalue weighted by molar-refractivity contribution is -0.124. The number of likely N-dealkylation sites (N-methyl/N-ethyl adjacent to an activating group) is 1. The molecule has 3 rings (SSSR count). The Labute approximate surface area is 168 Å². The van der Waals surface area contributed by atoms with Crippen LogP contribution in [0.3, 0.4) is 0 Å². The first-order valence-electron chi connectivity index (χ1n) is 8.86. The zero-order valence-corrected chi connectivity index (χ0v) is 17.2. The minimum atomic E-state index is -0.576. The van der Waals surface area contributed by atoms with Gasteiger partial charge < -0.3 is 24.4 Å². The Kier molecular flexibility index (Phi) is 6.21. The van der Waals surface area contributed by atoms with Crippen LogP contribution in [-0.4, -0.2) is 58.2 Å². The number of ether oxygens (including phenoxy) is 3. The quantitative estimate of drug-likeness (QED) is 0.718. The molecule has 2 amide bonds. The number of hydrogen-bond donors (Lipinski definition) is 1. The molecule has 1 aliphatic heterocycles. The fraction of sp³-hybridized carbons (Fsp3) is 0.400. The van der Waals surface area contributed by atoms with Crippen molar-refractivity contribution < 1.29 is 23.8 Å². The second-order valence-corrected chi connectivity index (χ2v) is 7.41. The lowest BCUT2D eigenvalue weighted by Gasteiger charge is -2.39. The lowest BCUT2D eigenvalue weighted by atomic mass is 9.81. The van der Waals surface area contributed by atoms with Crippen molar-refractivity contribution in [1.29, 1.82) is 0 Å². The first-order valence-corrected chi connectivity index (χ1v) is 9.74. The lowest BCUT2D eigenvalue weighted by Crippen LogP contribution is -2.45. The molecule has 0 aliphatic carbocycles. The number of methoxy groups -OCH3 is 3. The summed E-state index contributed by atoms with van der Waals surface area (Å²) in [4.78, 5) is 28.8. The summed E-state index contributed by atoms with van der Waals surface area (Å²) in [6.45, 7) is 0.805. The van der Waals surface area contributed by atoms with Crippen molar-refractivity contribution in [1.82, 2.24) is 10.2 Å². The normalized spacial score (nSPS) is 18.6. The largest absolute Gasteiger partial charge is 0.493 e. The van der Waals surface area contributed by atoms with Crippen LogP contribution in [0.25, 0.3) is 0 Å². The minimum absolute atomic E-state index is 0.157. The van der Waals surface area contributed by atoms with E-state index >= 15 is 0 Å². The van der Waals surface area contributed by atoms with Crippen molar-refractivity contribution in [2.45, 2.75) is 12.0 Å². The summed E-state index contributed by atoms with van der Waals surface area (Å²) in [5.74, 6) is 0.0425. The van der Waals surface area contributed by atoms with Gasteiger partial charge in [0.05, 0.1) is 32.8 Å². The molecule has 2 aromatic rings. The number of amides is 2. The summed E-state index contributed by atoms with van der Waals surface area (Å²) in [5, 5.41) is 4.86. The third kappa shape index (κ3) is 3.57. The second-order valence-electron chi connectivity index (χ2n) is 6.43. The molecule has 0 saturated carbocycles. The average Bonchev–Trinajstić information content (AvgIpc) is 3.23. The van der Waals surface area contributed by atoms with E-state index in [9.17, 15) is 9.59 Å². The predicted octanol–water partition coefficient (Wildman–Crippen LogP) is 2.44. The molecule has 1 N–H and O–H groups in total. The van der Waals surface area contributed by atoms with Crippen LogP contribution in [0.5, 0.6) is 11.5 Å². The molecule has 2 atom stereocenters. The van der Waals surface area contributed by atoms with Crippen molar-refractivity contribution in [2.75, 3.05) is 41.5 Å². The van der Waals surface area contributed by atoms with E-state index in [1.165, 1.54) is 25.6 Å². The molecule has 1 aromatic heterocycles. The van der Waals surface area contributed by atoms with Gasteiger partial charge in [0.25, 0.3) is 5.91 Å². The van der Waals surface area contributed by atoms with E-state index in [0.717, 1.165) is 4.88 Å². The SMILES string of the molecule is COCCNC(=O)[C@@H]1c2cc(OC)c(OC)cc2C(=O)N(C)[C@@H]1c1cccs1. The van der Waals surface area contributed by atoms with Gasteiger partial charge in [0, 0.05) is 31.1 Å². The highest BCUT2D eigenvalue weighted by Crippen LogP contribution is 2.46. The molecule has 150 valence electrons. The van der Waals surface area contributed by atoms with Gasteiger partial charge in [-0.25, -0.2) is 0 Å². The number of thiophene rings is 1. The van der Waals surface area contributed by atoms with Crippen molar-refractivity contribution in [3.63, 3.8) is 0 Å². The van der Waals surface area contributed by atoms with E-state index in [1.807, 2.05) is 17.5 Å². The number of hydrogen-bond acceptors (Lipinski definition) is 6. The maximum atomic E-state index is 13.2. The van der Waals surface area contributed by atoms with Crippen LogP contribution >= 0.6 is 11.3 Å². The Morgan fingerprint density at radius 1 is 1.21 bits per heavy atom. The second kappa shape index (κ2) is 8.62. The summed E-state index contributed by atoms with van der Waals surface area (Å²) in [6.07, 6.45) is 0. The van der Waals surface area contributed by atoms with Gasteiger partial charge in [0.1, 0.15) is 0 Å². The van der Waals surface area contributed by atoms with E-state index in [2.05, 4.69) is 5.32 Å². The third-order valence-electron chi connectivity index (χ3n) is 4.90. The summed E-state index contributed by atoms with van der Waals surface area (Å²) >= 11 is 1.52. The highest BCUT2D eigenvalue weighted by Gasteiger charge is 2.43. The highest BCUT2D eigenvalue weighted by molar-refractivity contribution is 7.10. The van der Waals surface area contributed by atoms with Crippen LogP contribution < -0.4 is 14.8 Å². The molecule has 1 aromatic carbocycles. The first-order chi connectivity index (χ1) is 13.5. The average molecular weight is 404 g/mol. The Balaban J connectivity index is 2.13. The number of nitrogens with zero attached hydrogens (tertiary/aromatic N) is 1. The molecular formula is C20H24N2O5S. The summed E-state index contributed by atoms with van der Waals surface area (Å²) < 4.78 is 15.8. The molecule has 1 aliphatic rings. The number of rotatable bonds is 7. The summed E-state index contributed by atoms with van der Waals surface area (Å²) in [7, 11) is 6.36. The maximum absolute atomic E-state index is 13.2. The van der Waals surface area contributed by atoms with Gasteiger partial charge >= 0.3 is 0 Å². The van der Waals surface area contributed by atoms with Crippen molar-refractivity contribution >= 4 is 23.2 Å². The summed E-state index contributed by atoms with van der Waals surface area (Å²) in [5.41, 5.74) is 1.08. The molecule has 7 nitrogen and oxygen atoms in total. The van der Waals surface area contributed by atoms with Crippen LogP contribution in [-0.2, 0) is 9.53 Å². The van der Waals surface area contributed by atoms with Crippen molar-refractivity contribution in [3.05, 3.63) is 45.6 Å². The fourth-order valence-corrected chi connectivity index (χ4v) is 4.44. The number of nitrogens with one attached hydrogen (secondary N) is 1. The molecule has 8 heteroatoms. The smallest absolute Gasteiger partial charge is 0.254 e. The molecule has 0 fully saturated rings. The Bertz CT molecular complexity index is 853. The van der Waals surface area contributed by atoms with Crippen molar-refractivity contribution in [3.8, 4) is 11.5 Å².